The van der Waals surface area contributed by atoms with Crippen LogP contribution in [0.4, 0.5) is 20.2 Å². The number of carboxylic acid groups (broad SMARTS) is 4. The summed E-state index contributed by atoms with van der Waals surface area (Å²) in [6.45, 7) is -1.50. The molecule has 0 radical (unpaired) electrons. The molecule has 51 heavy (non-hydrogen) atoms. The minimum atomic E-state index is -3.82. The standard InChI is InChI=1S/2C9H10FNO4S.C8H15NO2.C5H9NO2/c1-16(14,15)11(6-9(12)13)8-4-2-7(10)3-5-8;1-16(14,15)11(6-9(12)13)8-5-3-2-4-7(8)10;9-7(8(10)11)6-4-2-1-3-5-6;6-4(5(7)8)3-1-2-3/h2*2-5H,6H2,1H3,(H,12,13);6-7H,1-5,9H2,(H,10,11);3-4H,1-2,6H2,(H,7,8)/t;;;4-/m...0/s1. The fourth-order valence-electron chi connectivity index (χ4n) is 4.64. The van der Waals surface area contributed by atoms with E-state index in [0.717, 1.165) is 69.2 Å². The normalized spacial score (nSPS) is 15.5. The zero-order valence-corrected chi connectivity index (χ0v) is 29.6. The average molecular weight is 767 g/mol. The first-order chi connectivity index (χ1) is 23.6. The molecule has 1 unspecified atom stereocenters. The van der Waals surface area contributed by atoms with E-state index in [9.17, 15) is 44.8 Å². The van der Waals surface area contributed by atoms with E-state index in [2.05, 4.69) is 0 Å². The summed E-state index contributed by atoms with van der Waals surface area (Å²) in [5, 5.41) is 34.0. The third kappa shape index (κ3) is 16.9. The highest BCUT2D eigenvalue weighted by molar-refractivity contribution is 7.92. The van der Waals surface area contributed by atoms with Crippen LogP contribution in [-0.4, -0.2) is 98.8 Å². The molecule has 286 valence electrons. The van der Waals surface area contributed by atoms with Gasteiger partial charge in [0.2, 0.25) is 20.0 Å². The van der Waals surface area contributed by atoms with Crippen molar-refractivity contribution in [1.29, 1.82) is 0 Å². The molecule has 2 aromatic rings. The first-order valence-electron chi connectivity index (χ1n) is 15.4. The molecule has 0 spiro atoms. The Morgan fingerprint density at radius 1 is 0.686 bits per heavy atom. The van der Waals surface area contributed by atoms with Crippen LogP contribution in [0.15, 0.2) is 48.5 Å². The lowest BCUT2D eigenvalue weighted by Gasteiger charge is -2.24. The van der Waals surface area contributed by atoms with Crippen LogP contribution in [0.1, 0.15) is 44.9 Å². The second-order valence-corrected chi connectivity index (χ2v) is 15.5. The molecule has 0 saturated heterocycles. The van der Waals surface area contributed by atoms with Gasteiger partial charge in [0.15, 0.2) is 0 Å². The summed E-state index contributed by atoms with van der Waals surface area (Å²) in [7, 11) is -7.52. The van der Waals surface area contributed by atoms with Crippen LogP contribution in [0.3, 0.4) is 0 Å². The maximum Gasteiger partial charge on any atom is 0.324 e. The molecule has 0 aromatic heterocycles. The van der Waals surface area contributed by atoms with Crippen molar-refractivity contribution in [2.24, 2.45) is 23.3 Å². The Morgan fingerprint density at radius 3 is 1.47 bits per heavy atom. The number of nitrogens with two attached hydrogens (primary N) is 2. The summed E-state index contributed by atoms with van der Waals surface area (Å²) in [6.07, 6.45) is 9.21. The largest absolute Gasteiger partial charge is 0.480 e. The molecule has 2 atom stereocenters. The topological polar surface area (TPSA) is 276 Å². The van der Waals surface area contributed by atoms with E-state index in [1.54, 1.807) is 0 Å². The van der Waals surface area contributed by atoms with Crippen molar-refractivity contribution in [3.05, 3.63) is 60.2 Å². The molecular formula is C31H44F2N4O12S2. The molecule has 0 amide bonds. The Hall–Kier alpha value is -4.40. The summed E-state index contributed by atoms with van der Waals surface area (Å²) >= 11 is 0. The fraction of sp³-hybridized carbons (Fsp3) is 0.484. The number of halogens is 2. The molecule has 0 aliphatic heterocycles. The Kier molecular flexibility index (Phi) is 17.9. The number of carboxylic acids is 4. The predicted octanol–water partition coefficient (Wildman–Crippen LogP) is 2.14. The van der Waals surface area contributed by atoms with Gasteiger partial charge in [0.1, 0.15) is 36.8 Å². The maximum atomic E-state index is 13.3. The van der Waals surface area contributed by atoms with Gasteiger partial charge in [0.05, 0.1) is 23.9 Å². The number of nitrogens with zero attached hydrogens (tertiary/aromatic N) is 2. The third-order valence-electron chi connectivity index (χ3n) is 7.45. The summed E-state index contributed by atoms with van der Waals surface area (Å²) in [4.78, 5) is 41.6. The van der Waals surface area contributed by atoms with Gasteiger partial charge >= 0.3 is 23.9 Å². The van der Waals surface area contributed by atoms with Crippen molar-refractivity contribution in [3.63, 3.8) is 0 Å². The number of sulfonamides is 2. The van der Waals surface area contributed by atoms with E-state index in [1.165, 1.54) is 36.8 Å². The molecule has 2 aliphatic rings. The molecule has 2 aliphatic carbocycles. The van der Waals surface area contributed by atoms with Gasteiger partial charge < -0.3 is 31.9 Å². The van der Waals surface area contributed by atoms with Crippen molar-refractivity contribution < 1.29 is 65.2 Å². The van der Waals surface area contributed by atoms with Crippen LogP contribution in [0.2, 0.25) is 0 Å². The van der Waals surface area contributed by atoms with E-state index in [0.29, 0.717) is 8.61 Å². The van der Waals surface area contributed by atoms with Crippen LogP contribution < -0.4 is 20.1 Å². The first kappa shape index (κ1) is 44.6. The highest BCUT2D eigenvalue weighted by atomic mass is 32.2. The van der Waals surface area contributed by atoms with Gasteiger partial charge in [-0.3, -0.25) is 27.8 Å². The van der Waals surface area contributed by atoms with Gasteiger partial charge in [-0.1, -0.05) is 31.4 Å². The molecule has 0 bridgehead atoms. The number of anilines is 2. The van der Waals surface area contributed by atoms with Gasteiger partial charge in [-0.25, -0.2) is 25.6 Å². The number of rotatable bonds is 12. The number of para-hydroxylation sites is 1. The van der Waals surface area contributed by atoms with Crippen LogP contribution in [0, 0.1) is 23.5 Å². The van der Waals surface area contributed by atoms with Crippen molar-refractivity contribution in [3.8, 4) is 0 Å². The molecule has 16 nitrogen and oxygen atoms in total. The monoisotopic (exact) mass is 766 g/mol. The number of hydrogen-bond donors (Lipinski definition) is 6. The van der Waals surface area contributed by atoms with Crippen LogP contribution in [0.5, 0.6) is 0 Å². The predicted molar refractivity (Wildman–Crippen MR) is 183 cm³/mol. The summed E-state index contributed by atoms with van der Waals surface area (Å²) in [5.74, 6) is -5.16. The van der Waals surface area contributed by atoms with Crippen LogP contribution >= 0.6 is 0 Å². The summed E-state index contributed by atoms with van der Waals surface area (Å²) in [6, 6.07) is 8.40. The molecule has 8 N–H and O–H groups in total. The van der Waals surface area contributed by atoms with E-state index in [-0.39, 0.29) is 23.2 Å². The van der Waals surface area contributed by atoms with E-state index in [4.69, 9.17) is 31.9 Å². The zero-order valence-electron chi connectivity index (χ0n) is 28.0. The van der Waals surface area contributed by atoms with E-state index >= 15 is 0 Å². The second kappa shape index (κ2) is 20.4. The lowest BCUT2D eigenvalue weighted by Crippen LogP contribution is -2.38. The average Bonchev–Trinajstić information content (AvgIpc) is 3.89. The van der Waals surface area contributed by atoms with Gasteiger partial charge in [-0.15, -0.1) is 0 Å². The fourth-order valence-corrected chi connectivity index (χ4v) is 6.34. The summed E-state index contributed by atoms with van der Waals surface area (Å²) < 4.78 is 72.4. The third-order valence-corrected chi connectivity index (χ3v) is 9.72. The minimum absolute atomic E-state index is 0.117. The van der Waals surface area contributed by atoms with E-state index < -0.39 is 80.7 Å². The Labute approximate surface area is 294 Å². The Balaban J connectivity index is 0.000000351. The SMILES string of the molecule is CS(=O)(=O)N(CC(=O)O)c1ccc(F)cc1.CS(=O)(=O)N(CC(=O)O)c1ccccc1F.NC(C(=O)O)C1CCCCC1.N[C@H](C(=O)O)C1CC1. The number of carbonyl (C=O) groups is 4. The number of aliphatic carboxylic acids is 4. The minimum Gasteiger partial charge on any atom is -0.480 e. The zero-order chi connectivity index (χ0) is 39.1. The van der Waals surface area contributed by atoms with Gasteiger partial charge in [-0.2, -0.15) is 0 Å². The van der Waals surface area contributed by atoms with Gasteiger partial charge in [0.25, 0.3) is 0 Å². The first-order valence-corrected chi connectivity index (χ1v) is 19.1. The van der Waals surface area contributed by atoms with Crippen LogP contribution in [0.25, 0.3) is 0 Å². The van der Waals surface area contributed by atoms with E-state index in [1.807, 2.05) is 0 Å². The quantitative estimate of drug-likeness (QED) is 0.181. The number of benzene rings is 2. The summed E-state index contributed by atoms with van der Waals surface area (Å²) in [5.41, 5.74) is 10.6. The molecule has 2 fully saturated rings. The smallest absolute Gasteiger partial charge is 0.324 e. The van der Waals surface area contributed by atoms with Crippen LogP contribution in [-0.2, 0) is 39.2 Å². The van der Waals surface area contributed by atoms with Crippen molar-refractivity contribution in [2.75, 3.05) is 34.2 Å². The highest BCUT2D eigenvalue weighted by Crippen LogP contribution is 2.31. The maximum absolute atomic E-state index is 13.3. The lowest BCUT2D eigenvalue weighted by molar-refractivity contribution is -0.140. The lowest BCUT2D eigenvalue weighted by atomic mass is 9.84. The van der Waals surface area contributed by atoms with Crippen molar-refractivity contribution in [2.45, 2.75) is 57.0 Å². The van der Waals surface area contributed by atoms with Crippen molar-refractivity contribution in [1.82, 2.24) is 0 Å². The molecule has 20 heteroatoms. The Morgan fingerprint density at radius 2 is 1.10 bits per heavy atom. The van der Waals surface area contributed by atoms with Gasteiger partial charge in [0, 0.05) is 0 Å². The van der Waals surface area contributed by atoms with Gasteiger partial charge in [-0.05, 0) is 73.9 Å². The number of hydrogen-bond acceptors (Lipinski definition) is 10. The highest BCUT2D eigenvalue weighted by Gasteiger charge is 2.33. The molecule has 4 rings (SSSR count). The molecule has 2 saturated carbocycles. The molecule has 0 heterocycles. The van der Waals surface area contributed by atoms with Crippen molar-refractivity contribution >= 4 is 55.3 Å². The molecule has 2 aromatic carbocycles. The Bertz CT molecular complexity index is 1690. The molecular weight excluding hydrogens is 722 g/mol. The second-order valence-electron chi connectivity index (χ2n) is 11.7.